The molecule has 0 unspecified atom stereocenters. The summed E-state index contributed by atoms with van der Waals surface area (Å²) in [5, 5.41) is 0. The fourth-order valence-electron chi connectivity index (χ4n) is 4.53. The number of fused-ring (bicyclic) bond motifs is 1. The summed E-state index contributed by atoms with van der Waals surface area (Å²) in [6.45, 7) is 3.53. The number of rotatable bonds is 3. The van der Waals surface area contributed by atoms with Crippen molar-refractivity contribution >= 4 is 11.2 Å². The van der Waals surface area contributed by atoms with Crippen LogP contribution in [0.2, 0.25) is 0 Å². The van der Waals surface area contributed by atoms with Crippen LogP contribution in [0.15, 0.2) is 21.5 Å². The Hall–Kier alpha value is -1.62. The van der Waals surface area contributed by atoms with E-state index in [-0.39, 0.29) is 5.76 Å². The molecule has 5 nitrogen and oxygen atoms in total. The molecule has 2 aliphatic rings. The Bertz CT molecular complexity index is 761. The Kier molecular flexibility index (Phi) is 4.21. The number of oxazole rings is 1. The van der Waals surface area contributed by atoms with Gasteiger partial charge in [0.25, 0.3) is 0 Å². The van der Waals surface area contributed by atoms with E-state index in [4.69, 9.17) is 4.42 Å². The summed E-state index contributed by atoms with van der Waals surface area (Å²) in [5.74, 6) is -0.344. The van der Waals surface area contributed by atoms with Gasteiger partial charge in [0, 0.05) is 19.8 Å². The van der Waals surface area contributed by atoms with Gasteiger partial charge in [-0.25, -0.2) is 9.78 Å². The molecule has 2 aromatic heterocycles. The lowest BCUT2D eigenvalue weighted by atomic mass is 9.68. The van der Waals surface area contributed by atoms with Crippen LogP contribution in [0.3, 0.4) is 0 Å². The fraction of sp³-hybridized carbons (Fsp3) is 0.684. The van der Waals surface area contributed by atoms with Gasteiger partial charge in [-0.05, 0) is 62.2 Å². The average Bonchev–Trinajstić information content (AvgIpc) is 2.89. The van der Waals surface area contributed by atoms with E-state index in [2.05, 4.69) is 9.88 Å². The van der Waals surface area contributed by atoms with Gasteiger partial charge >= 0.3 is 5.76 Å². The van der Waals surface area contributed by atoms with Crippen molar-refractivity contribution in [2.45, 2.75) is 51.4 Å². The molecule has 2 fully saturated rings. The molecule has 0 radical (unpaired) electrons. The normalized spacial score (nSPS) is 21.5. The monoisotopic (exact) mass is 329 g/mol. The van der Waals surface area contributed by atoms with E-state index in [9.17, 15) is 4.79 Å². The van der Waals surface area contributed by atoms with Crippen molar-refractivity contribution in [2.75, 3.05) is 19.6 Å². The van der Waals surface area contributed by atoms with Crippen molar-refractivity contribution in [3.05, 3.63) is 28.4 Å². The Morgan fingerprint density at radius 1 is 1.17 bits per heavy atom. The van der Waals surface area contributed by atoms with E-state index in [1.54, 1.807) is 7.05 Å². The summed E-state index contributed by atoms with van der Waals surface area (Å²) in [6, 6.07) is 1.97. The molecular weight excluding hydrogens is 302 g/mol. The van der Waals surface area contributed by atoms with Crippen LogP contribution in [0, 0.1) is 5.41 Å². The molecule has 5 heteroatoms. The number of pyridine rings is 1. The van der Waals surface area contributed by atoms with Crippen LogP contribution in [0.1, 0.15) is 50.5 Å². The van der Waals surface area contributed by atoms with Crippen molar-refractivity contribution in [3.8, 4) is 0 Å². The van der Waals surface area contributed by atoms with Crippen LogP contribution in [0.25, 0.3) is 11.2 Å². The number of aromatic nitrogens is 2. The molecule has 0 bridgehead atoms. The molecule has 1 saturated heterocycles. The van der Waals surface area contributed by atoms with Gasteiger partial charge in [-0.2, -0.15) is 0 Å². The molecule has 3 heterocycles. The first kappa shape index (κ1) is 15.9. The van der Waals surface area contributed by atoms with E-state index < -0.39 is 0 Å². The zero-order chi connectivity index (χ0) is 16.6. The van der Waals surface area contributed by atoms with E-state index in [0.29, 0.717) is 16.6 Å². The van der Waals surface area contributed by atoms with Gasteiger partial charge in [0.2, 0.25) is 0 Å². The van der Waals surface area contributed by atoms with Gasteiger partial charge in [0.15, 0.2) is 11.2 Å². The lowest BCUT2D eigenvalue weighted by molar-refractivity contribution is 0.0684. The first-order valence-corrected chi connectivity index (χ1v) is 9.32. The molecule has 130 valence electrons. The first-order chi connectivity index (χ1) is 11.7. The van der Waals surface area contributed by atoms with Gasteiger partial charge in [-0.15, -0.1) is 0 Å². The van der Waals surface area contributed by atoms with Crippen LogP contribution < -0.4 is 5.76 Å². The highest BCUT2D eigenvalue weighted by molar-refractivity contribution is 5.68. The van der Waals surface area contributed by atoms with Gasteiger partial charge in [0.05, 0.1) is 0 Å². The summed E-state index contributed by atoms with van der Waals surface area (Å²) in [5.41, 5.74) is 3.04. The largest absolute Gasteiger partial charge is 0.420 e. The SMILES string of the molecule is Cn1c(=O)oc2cc(CCN3CCC4(CCCCC4)CC3)cnc21. The smallest absolute Gasteiger partial charge is 0.406 e. The second kappa shape index (κ2) is 6.36. The number of hydrogen-bond donors (Lipinski definition) is 0. The number of likely N-dealkylation sites (tertiary alicyclic amines) is 1. The maximum atomic E-state index is 11.6. The zero-order valence-corrected chi connectivity index (χ0v) is 14.6. The van der Waals surface area contributed by atoms with Gasteiger partial charge in [-0.3, -0.25) is 4.57 Å². The average molecular weight is 329 g/mol. The minimum absolute atomic E-state index is 0.344. The quantitative estimate of drug-likeness (QED) is 0.868. The van der Waals surface area contributed by atoms with Crippen molar-refractivity contribution in [1.82, 2.24) is 14.5 Å². The summed E-state index contributed by atoms with van der Waals surface area (Å²) < 4.78 is 6.69. The summed E-state index contributed by atoms with van der Waals surface area (Å²) in [4.78, 5) is 18.5. The first-order valence-electron chi connectivity index (χ1n) is 9.32. The molecule has 0 atom stereocenters. The lowest BCUT2D eigenvalue weighted by Gasteiger charge is -2.44. The zero-order valence-electron chi connectivity index (χ0n) is 14.6. The maximum Gasteiger partial charge on any atom is 0.420 e. The third-order valence-corrected chi connectivity index (χ3v) is 6.23. The Labute approximate surface area is 142 Å². The Balaban J connectivity index is 1.35. The maximum absolute atomic E-state index is 11.6. The third kappa shape index (κ3) is 3.02. The van der Waals surface area contributed by atoms with Crippen LogP contribution in [0.4, 0.5) is 0 Å². The highest BCUT2D eigenvalue weighted by atomic mass is 16.4. The number of piperidine rings is 1. The number of hydrogen-bond acceptors (Lipinski definition) is 4. The highest BCUT2D eigenvalue weighted by Crippen LogP contribution is 2.44. The van der Waals surface area contributed by atoms with Crippen molar-refractivity contribution in [1.29, 1.82) is 0 Å². The molecule has 0 aromatic carbocycles. The van der Waals surface area contributed by atoms with Crippen molar-refractivity contribution in [3.63, 3.8) is 0 Å². The molecule has 4 rings (SSSR count). The number of aryl methyl sites for hydroxylation is 1. The van der Waals surface area contributed by atoms with Gasteiger partial charge in [-0.1, -0.05) is 19.3 Å². The third-order valence-electron chi connectivity index (χ3n) is 6.23. The molecule has 0 amide bonds. The minimum Gasteiger partial charge on any atom is -0.406 e. The minimum atomic E-state index is -0.344. The van der Waals surface area contributed by atoms with Gasteiger partial charge in [0.1, 0.15) is 0 Å². The second-order valence-electron chi connectivity index (χ2n) is 7.74. The topological polar surface area (TPSA) is 51.3 Å². The predicted molar refractivity (Wildman–Crippen MR) is 94.1 cm³/mol. The molecular formula is C19H27N3O2. The van der Waals surface area contributed by atoms with Crippen LogP contribution in [0.5, 0.6) is 0 Å². The summed E-state index contributed by atoms with van der Waals surface area (Å²) in [7, 11) is 1.69. The van der Waals surface area contributed by atoms with Crippen LogP contribution in [-0.2, 0) is 13.5 Å². The number of nitrogens with zero attached hydrogens (tertiary/aromatic N) is 3. The second-order valence-corrected chi connectivity index (χ2v) is 7.74. The van der Waals surface area contributed by atoms with E-state index in [1.807, 2.05) is 12.3 Å². The molecule has 0 N–H and O–H groups in total. The van der Waals surface area contributed by atoms with E-state index >= 15 is 0 Å². The van der Waals surface area contributed by atoms with Crippen LogP contribution >= 0.6 is 0 Å². The summed E-state index contributed by atoms with van der Waals surface area (Å²) in [6.07, 6.45) is 12.8. The molecule has 1 saturated carbocycles. The molecule has 1 spiro atoms. The van der Waals surface area contributed by atoms with Crippen molar-refractivity contribution in [2.24, 2.45) is 12.5 Å². The Morgan fingerprint density at radius 2 is 1.92 bits per heavy atom. The van der Waals surface area contributed by atoms with Crippen LogP contribution in [-0.4, -0.2) is 34.1 Å². The van der Waals surface area contributed by atoms with Crippen molar-refractivity contribution < 1.29 is 4.42 Å². The molecule has 24 heavy (non-hydrogen) atoms. The predicted octanol–water partition coefficient (Wildman–Crippen LogP) is 3.12. The Morgan fingerprint density at radius 3 is 2.67 bits per heavy atom. The molecule has 1 aliphatic heterocycles. The fourth-order valence-corrected chi connectivity index (χ4v) is 4.53. The standard InChI is InChI=1S/C19H27N3O2/c1-21-17-16(24-18(21)23)13-15(14-20-17)5-10-22-11-8-19(9-12-22)6-3-2-4-7-19/h13-14H,2-12H2,1H3. The summed E-state index contributed by atoms with van der Waals surface area (Å²) >= 11 is 0. The van der Waals surface area contributed by atoms with E-state index in [0.717, 1.165) is 18.5 Å². The van der Waals surface area contributed by atoms with Gasteiger partial charge < -0.3 is 9.32 Å². The molecule has 2 aromatic rings. The van der Waals surface area contributed by atoms with E-state index in [1.165, 1.54) is 62.6 Å². The highest BCUT2D eigenvalue weighted by Gasteiger charge is 2.35. The molecule has 1 aliphatic carbocycles. The lowest BCUT2D eigenvalue weighted by Crippen LogP contribution is -2.41.